The van der Waals surface area contributed by atoms with Crippen molar-refractivity contribution in [2.24, 2.45) is 0 Å². The number of halogens is 3. The topological polar surface area (TPSA) is 76.3 Å². The first-order chi connectivity index (χ1) is 12.4. The number of rotatable bonds is 4. The Bertz CT molecular complexity index is 992. The molecular formula is C17H14F3N3O3. The maximum absolute atomic E-state index is 12.9. The van der Waals surface area contributed by atoms with Gasteiger partial charge in [-0.05, 0) is 24.3 Å². The molecular weight excluding hydrogens is 351 g/mol. The predicted octanol–water partition coefficient (Wildman–Crippen LogP) is 3.44. The van der Waals surface area contributed by atoms with Gasteiger partial charge in [0.2, 0.25) is 0 Å². The number of hydrogen-bond donors (Lipinski definition) is 2. The quantitative estimate of drug-likeness (QED) is 0.744. The van der Waals surface area contributed by atoms with Crippen molar-refractivity contribution in [2.45, 2.75) is 12.7 Å². The Morgan fingerprint density at radius 2 is 1.77 bits per heavy atom. The standard InChI is InChI=1S/C17H14F3N3O3/c18-17(19,20)11-5-1-2-6-12(11)22-15(24)21-9-10-23-13-7-3-4-8-14(13)26-16(23)25/h1-8H,9-10H2,(H2,21,22,24). The third kappa shape index (κ3) is 3.71. The molecule has 0 radical (unpaired) electrons. The number of anilines is 1. The summed E-state index contributed by atoms with van der Waals surface area (Å²) in [6.07, 6.45) is -4.58. The maximum Gasteiger partial charge on any atom is 0.420 e. The van der Waals surface area contributed by atoms with Gasteiger partial charge in [-0.15, -0.1) is 0 Å². The highest BCUT2D eigenvalue weighted by molar-refractivity contribution is 5.90. The van der Waals surface area contributed by atoms with Gasteiger partial charge in [0.15, 0.2) is 5.58 Å². The molecule has 136 valence electrons. The van der Waals surface area contributed by atoms with Crippen LogP contribution in [0, 0.1) is 0 Å². The van der Waals surface area contributed by atoms with Gasteiger partial charge < -0.3 is 15.1 Å². The van der Waals surface area contributed by atoms with Crippen LogP contribution in [0.2, 0.25) is 0 Å². The molecule has 2 amide bonds. The normalized spacial score (nSPS) is 11.5. The second-order valence-corrected chi connectivity index (χ2v) is 5.41. The van der Waals surface area contributed by atoms with E-state index < -0.39 is 23.5 Å². The van der Waals surface area contributed by atoms with E-state index in [2.05, 4.69) is 10.6 Å². The van der Waals surface area contributed by atoms with E-state index in [0.29, 0.717) is 11.1 Å². The summed E-state index contributed by atoms with van der Waals surface area (Å²) in [5, 5.41) is 4.59. The van der Waals surface area contributed by atoms with Gasteiger partial charge in [0, 0.05) is 13.1 Å². The van der Waals surface area contributed by atoms with Crippen LogP contribution in [0.5, 0.6) is 0 Å². The number of benzene rings is 2. The lowest BCUT2D eigenvalue weighted by Gasteiger charge is -2.14. The fourth-order valence-electron chi connectivity index (χ4n) is 2.51. The largest absolute Gasteiger partial charge is 0.420 e. The number of hydrogen-bond acceptors (Lipinski definition) is 3. The summed E-state index contributed by atoms with van der Waals surface area (Å²) >= 11 is 0. The molecule has 2 N–H and O–H groups in total. The summed E-state index contributed by atoms with van der Waals surface area (Å²) in [6.45, 7) is 0.146. The van der Waals surface area contributed by atoms with E-state index in [-0.39, 0.29) is 18.8 Å². The minimum atomic E-state index is -4.58. The van der Waals surface area contributed by atoms with Crippen LogP contribution in [0.15, 0.2) is 57.7 Å². The number of para-hydroxylation sites is 3. The van der Waals surface area contributed by atoms with E-state index in [9.17, 15) is 22.8 Å². The van der Waals surface area contributed by atoms with Crippen molar-refractivity contribution in [3.63, 3.8) is 0 Å². The summed E-state index contributed by atoms with van der Waals surface area (Å²) in [7, 11) is 0. The summed E-state index contributed by atoms with van der Waals surface area (Å²) in [5.41, 5.74) is -0.293. The number of carbonyl (C=O) groups is 1. The molecule has 3 aromatic rings. The van der Waals surface area contributed by atoms with Gasteiger partial charge in [0.05, 0.1) is 16.8 Å². The first-order valence-corrected chi connectivity index (χ1v) is 7.66. The number of aromatic nitrogens is 1. The van der Waals surface area contributed by atoms with Gasteiger partial charge in [-0.3, -0.25) is 4.57 Å². The Morgan fingerprint density at radius 3 is 2.54 bits per heavy atom. The Kier molecular flexibility index (Phi) is 4.70. The molecule has 0 bridgehead atoms. The van der Waals surface area contributed by atoms with Crippen LogP contribution in [-0.2, 0) is 12.7 Å². The average Bonchev–Trinajstić information content (AvgIpc) is 2.90. The first-order valence-electron chi connectivity index (χ1n) is 7.66. The molecule has 6 nitrogen and oxygen atoms in total. The third-order valence-corrected chi connectivity index (χ3v) is 3.68. The number of oxazole rings is 1. The van der Waals surface area contributed by atoms with E-state index in [0.717, 1.165) is 12.1 Å². The summed E-state index contributed by atoms with van der Waals surface area (Å²) in [5.74, 6) is -0.573. The molecule has 2 aromatic carbocycles. The van der Waals surface area contributed by atoms with Gasteiger partial charge in [-0.25, -0.2) is 9.59 Å². The van der Waals surface area contributed by atoms with E-state index in [1.165, 1.54) is 16.7 Å². The second-order valence-electron chi connectivity index (χ2n) is 5.41. The summed E-state index contributed by atoms with van der Waals surface area (Å²) < 4.78 is 45.1. The van der Waals surface area contributed by atoms with Crippen molar-refractivity contribution in [3.8, 4) is 0 Å². The van der Waals surface area contributed by atoms with E-state index in [4.69, 9.17) is 4.42 Å². The van der Waals surface area contributed by atoms with Crippen molar-refractivity contribution in [1.82, 2.24) is 9.88 Å². The van der Waals surface area contributed by atoms with Crippen LogP contribution in [0.1, 0.15) is 5.56 Å². The molecule has 3 rings (SSSR count). The molecule has 0 unspecified atom stereocenters. The molecule has 0 fully saturated rings. The highest BCUT2D eigenvalue weighted by Gasteiger charge is 2.33. The number of urea groups is 1. The number of carbonyl (C=O) groups excluding carboxylic acids is 1. The summed E-state index contributed by atoms with van der Waals surface area (Å²) in [6, 6.07) is 10.7. The highest BCUT2D eigenvalue weighted by atomic mass is 19.4. The SMILES string of the molecule is O=C(NCCn1c(=O)oc2ccccc21)Nc1ccccc1C(F)(F)F. The zero-order valence-electron chi connectivity index (χ0n) is 13.3. The van der Waals surface area contributed by atoms with Gasteiger partial charge in [-0.2, -0.15) is 13.2 Å². The molecule has 0 aliphatic heterocycles. The van der Waals surface area contributed by atoms with Crippen molar-refractivity contribution < 1.29 is 22.4 Å². The Morgan fingerprint density at radius 1 is 1.08 bits per heavy atom. The summed E-state index contributed by atoms with van der Waals surface area (Å²) in [4.78, 5) is 23.7. The zero-order chi connectivity index (χ0) is 18.7. The lowest BCUT2D eigenvalue weighted by molar-refractivity contribution is -0.136. The number of nitrogens with zero attached hydrogens (tertiary/aromatic N) is 1. The number of fused-ring (bicyclic) bond motifs is 1. The Labute approximate surface area is 145 Å². The molecule has 9 heteroatoms. The molecule has 0 atom stereocenters. The number of amides is 2. The van der Waals surface area contributed by atoms with Gasteiger partial charge >= 0.3 is 18.0 Å². The third-order valence-electron chi connectivity index (χ3n) is 3.68. The molecule has 0 saturated carbocycles. The number of alkyl halides is 3. The van der Waals surface area contributed by atoms with Crippen LogP contribution >= 0.6 is 0 Å². The van der Waals surface area contributed by atoms with E-state index >= 15 is 0 Å². The van der Waals surface area contributed by atoms with Gasteiger partial charge in [0.1, 0.15) is 0 Å². The minimum Gasteiger partial charge on any atom is -0.408 e. The molecule has 0 spiro atoms. The molecule has 0 saturated heterocycles. The van der Waals surface area contributed by atoms with Crippen LogP contribution in [0.25, 0.3) is 11.1 Å². The molecule has 0 aliphatic carbocycles. The molecule has 0 aliphatic rings. The highest BCUT2D eigenvalue weighted by Crippen LogP contribution is 2.34. The second kappa shape index (κ2) is 6.95. The lowest BCUT2D eigenvalue weighted by Crippen LogP contribution is -2.33. The van der Waals surface area contributed by atoms with Crippen molar-refractivity contribution in [1.29, 1.82) is 0 Å². The molecule has 1 heterocycles. The average molecular weight is 365 g/mol. The van der Waals surface area contributed by atoms with Crippen LogP contribution in [-0.4, -0.2) is 17.1 Å². The first kappa shape index (κ1) is 17.6. The lowest BCUT2D eigenvalue weighted by atomic mass is 10.1. The smallest absolute Gasteiger partial charge is 0.408 e. The monoisotopic (exact) mass is 365 g/mol. The van der Waals surface area contributed by atoms with Crippen LogP contribution in [0.4, 0.5) is 23.7 Å². The van der Waals surface area contributed by atoms with Crippen LogP contribution < -0.4 is 16.4 Å². The fraction of sp³-hybridized carbons (Fsp3) is 0.176. The Hall–Kier alpha value is -3.23. The maximum atomic E-state index is 12.9. The van der Waals surface area contributed by atoms with Crippen molar-refractivity contribution in [2.75, 3.05) is 11.9 Å². The van der Waals surface area contributed by atoms with Gasteiger partial charge in [0.25, 0.3) is 0 Å². The predicted molar refractivity (Wildman–Crippen MR) is 88.9 cm³/mol. The van der Waals surface area contributed by atoms with Crippen molar-refractivity contribution in [3.05, 3.63) is 64.6 Å². The fourth-order valence-corrected chi connectivity index (χ4v) is 2.51. The minimum absolute atomic E-state index is 0.0312. The van der Waals surface area contributed by atoms with Crippen molar-refractivity contribution >= 4 is 22.8 Å². The number of nitrogens with one attached hydrogen (secondary N) is 2. The molecule has 1 aromatic heterocycles. The zero-order valence-corrected chi connectivity index (χ0v) is 13.3. The molecule has 26 heavy (non-hydrogen) atoms. The Balaban J connectivity index is 1.64. The van der Waals surface area contributed by atoms with E-state index in [1.807, 2.05) is 0 Å². The van der Waals surface area contributed by atoms with Gasteiger partial charge in [-0.1, -0.05) is 24.3 Å². The van der Waals surface area contributed by atoms with Crippen LogP contribution in [0.3, 0.4) is 0 Å². The van der Waals surface area contributed by atoms with E-state index in [1.54, 1.807) is 24.3 Å².